The first kappa shape index (κ1) is 29.9. The molecule has 1 aliphatic heterocycles. The van der Waals surface area contributed by atoms with Gasteiger partial charge in [-0.3, -0.25) is 19.7 Å². The van der Waals surface area contributed by atoms with Crippen LogP contribution in [-0.2, 0) is 33.6 Å². The number of thioether (sulfide) groups is 1. The molecule has 3 atom stereocenters. The smallest absolute Gasteiger partial charge is 0.249 e. The van der Waals surface area contributed by atoms with E-state index in [0.717, 1.165) is 46.3 Å². The van der Waals surface area contributed by atoms with E-state index in [9.17, 15) is 14.4 Å². The van der Waals surface area contributed by atoms with E-state index in [0.29, 0.717) is 29.6 Å². The second kappa shape index (κ2) is 14.0. The first-order valence-corrected chi connectivity index (χ1v) is 16.4. The molecule has 2 N–H and O–H groups in total. The van der Waals surface area contributed by atoms with Crippen LogP contribution in [0, 0.1) is 0 Å². The third-order valence-electron chi connectivity index (χ3n) is 5.82. The number of amides is 3. The van der Waals surface area contributed by atoms with E-state index in [1.807, 2.05) is 30.3 Å². The van der Waals surface area contributed by atoms with Crippen LogP contribution >= 0.6 is 52.9 Å². The molecule has 0 spiro atoms. The Labute approximate surface area is 244 Å². The molecule has 1 saturated heterocycles. The topological polar surface area (TPSA) is 130 Å². The van der Waals surface area contributed by atoms with Gasteiger partial charge in [-0.15, -0.1) is 38.9 Å². The van der Waals surface area contributed by atoms with E-state index >= 15 is 0 Å². The van der Waals surface area contributed by atoms with Crippen LogP contribution in [0.4, 0.5) is 10.3 Å². The molecule has 15 heteroatoms. The number of hydrogen-bond donors (Lipinski definition) is 2. The first-order chi connectivity index (χ1) is 18.7. The lowest BCUT2D eigenvalue weighted by Crippen LogP contribution is -2.47. The fourth-order valence-corrected chi connectivity index (χ4v) is 6.92. The maximum atomic E-state index is 12.8. The molecule has 0 radical (unpaired) electrons. The molecular weight excluding hydrogens is 592 g/mol. The molecule has 10 nitrogen and oxygen atoms in total. The quantitative estimate of drug-likeness (QED) is 0.232. The summed E-state index contributed by atoms with van der Waals surface area (Å²) in [6.45, 7) is 2.38. The van der Waals surface area contributed by atoms with Gasteiger partial charge in [0.05, 0.1) is 11.3 Å². The normalized spacial score (nSPS) is 15.4. The number of nitrogens with zero attached hydrogens (tertiary/aromatic N) is 5. The summed E-state index contributed by atoms with van der Waals surface area (Å²) >= 11 is 4.53. The van der Waals surface area contributed by atoms with E-state index < -0.39 is 10.9 Å². The third-order valence-corrected chi connectivity index (χ3v) is 9.09. The monoisotopic (exact) mass is 623 g/mol. The summed E-state index contributed by atoms with van der Waals surface area (Å²) in [5, 5.41) is 24.9. The van der Waals surface area contributed by atoms with Gasteiger partial charge in [0.15, 0.2) is 0 Å². The van der Waals surface area contributed by atoms with Gasteiger partial charge >= 0.3 is 0 Å². The number of aryl methyl sites for hydroxylation is 2. The summed E-state index contributed by atoms with van der Waals surface area (Å²) in [5.41, 5.74) is 0.952. The Morgan fingerprint density at radius 1 is 1.00 bits per heavy atom. The Morgan fingerprint density at radius 2 is 1.62 bits per heavy atom. The Hall–Kier alpha value is -2.04. The number of anilines is 2. The molecule has 208 valence electrons. The van der Waals surface area contributed by atoms with Gasteiger partial charge in [-0.2, -0.15) is 11.8 Å². The predicted octanol–water partition coefficient (Wildman–Crippen LogP) is 3.49. The van der Waals surface area contributed by atoms with Crippen LogP contribution in [-0.4, -0.2) is 72.0 Å². The zero-order valence-corrected chi connectivity index (χ0v) is 26.2. The summed E-state index contributed by atoms with van der Waals surface area (Å²) < 4.78 is 0. The zero-order valence-electron chi connectivity index (χ0n) is 21.5. The number of carbonyl (C=O) groups is 3. The molecule has 1 aliphatic rings. The number of hydrogen-bond acceptors (Lipinski definition) is 10. The molecule has 39 heavy (non-hydrogen) atoms. The largest absolute Gasteiger partial charge is 0.330 e. The Morgan fingerprint density at radius 3 is 2.23 bits per heavy atom. The van der Waals surface area contributed by atoms with Crippen molar-refractivity contribution in [1.82, 2.24) is 25.3 Å². The summed E-state index contributed by atoms with van der Waals surface area (Å²) in [6, 6.07) is 9.09. The minimum Gasteiger partial charge on any atom is -0.330 e. The average molecular weight is 624 g/mol. The number of aromatic nitrogens is 4. The second-order valence-corrected chi connectivity index (χ2v) is 15.7. The van der Waals surface area contributed by atoms with Crippen LogP contribution in [0.3, 0.4) is 0 Å². The molecule has 0 aliphatic carbocycles. The fourth-order valence-electron chi connectivity index (χ4n) is 3.96. The number of likely N-dealkylation sites (tertiary alicyclic amines) is 1. The van der Waals surface area contributed by atoms with E-state index in [1.165, 1.54) is 22.7 Å². The van der Waals surface area contributed by atoms with Crippen LogP contribution in [0.5, 0.6) is 0 Å². The van der Waals surface area contributed by atoms with Gasteiger partial charge in [-0.1, -0.05) is 53.0 Å². The highest BCUT2D eigenvalue weighted by Gasteiger charge is 2.39. The van der Waals surface area contributed by atoms with Crippen LogP contribution in [0.2, 0.25) is 0 Å². The SMILES string of the molecule is CC(P)(P)C(=O)N1CCC[C@H]1C(=O)Nc1nnc(CCSCCc2nnc(NC(=O)Cc3ccccc3)s2)s1. The van der Waals surface area contributed by atoms with Crippen LogP contribution in [0.25, 0.3) is 0 Å². The molecule has 4 rings (SSSR count). The van der Waals surface area contributed by atoms with E-state index in [1.54, 1.807) is 23.6 Å². The lowest BCUT2D eigenvalue weighted by atomic mass is 10.1. The molecule has 3 amide bonds. The highest BCUT2D eigenvalue weighted by Crippen LogP contribution is 2.32. The second-order valence-electron chi connectivity index (χ2n) is 9.25. The maximum absolute atomic E-state index is 12.8. The Kier molecular flexibility index (Phi) is 10.8. The standard InChI is InChI=1S/C24H31N7O3P2S3/c1-24(35,36)21(34)31-11-5-8-16(31)20(33)26-23-30-28-19(39-23)10-13-37-12-9-18-27-29-22(38-18)25-17(32)14-15-6-3-2-4-7-15/h2-4,6-7,16H,5,8-14,35-36H2,1H3,(H,25,29,32)(H,26,30,33)/t16-/m0/s1. The van der Waals surface area contributed by atoms with Gasteiger partial charge in [0.1, 0.15) is 16.1 Å². The molecular formula is C24H31N7O3P2S3. The van der Waals surface area contributed by atoms with Crippen LogP contribution in [0.15, 0.2) is 30.3 Å². The lowest BCUT2D eigenvalue weighted by molar-refractivity contribution is -0.136. The van der Waals surface area contributed by atoms with Gasteiger partial charge < -0.3 is 10.2 Å². The van der Waals surface area contributed by atoms with E-state index in [-0.39, 0.29) is 17.7 Å². The molecule has 3 heterocycles. The van der Waals surface area contributed by atoms with Crippen molar-refractivity contribution >= 4 is 80.9 Å². The van der Waals surface area contributed by atoms with Crippen molar-refractivity contribution in [3.63, 3.8) is 0 Å². The fraction of sp³-hybridized carbons (Fsp3) is 0.458. The number of benzene rings is 1. The van der Waals surface area contributed by atoms with Crippen molar-refractivity contribution in [3.05, 3.63) is 45.9 Å². The van der Waals surface area contributed by atoms with Gasteiger partial charge in [0.25, 0.3) is 0 Å². The van der Waals surface area contributed by atoms with Crippen LogP contribution in [0.1, 0.15) is 35.3 Å². The number of nitrogens with one attached hydrogen (secondary N) is 2. The zero-order chi connectivity index (χ0) is 27.8. The molecule has 1 fully saturated rings. The van der Waals surface area contributed by atoms with Gasteiger partial charge in [0, 0.05) is 19.4 Å². The van der Waals surface area contributed by atoms with Gasteiger partial charge in [0.2, 0.25) is 28.0 Å². The van der Waals surface area contributed by atoms with Crippen molar-refractivity contribution in [3.8, 4) is 0 Å². The highest BCUT2D eigenvalue weighted by molar-refractivity contribution is 7.99. The van der Waals surface area contributed by atoms with Gasteiger partial charge in [-0.05, 0) is 36.8 Å². The lowest BCUT2D eigenvalue weighted by Gasteiger charge is -2.29. The number of carbonyl (C=O) groups excluding carboxylic acids is 3. The van der Waals surface area contributed by atoms with Crippen molar-refractivity contribution in [2.24, 2.45) is 0 Å². The summed E-state index contributed by atoms with van der Waals surface area (Å²) in [6.07, 6.45) is 3.24. The predicted molar refractivity (Wildman–Crippen MR) is 165 cm³/mol. The Bertz CT molecular complexity index is 1280. The molecule has 1 aromatic carbocycles. The molecule has 2 unspecified atom stereocenters. The molecule has 0 saturated carbocycles. The van der Waals surface area contributed by atoms with Crippen molar-refractivity contribution in [2.75, 3.05) is 28.7 Å². The summed E-state index contributed by atoms with van der Waals surface area (Å²) in [5.74, 6) is 1.31. The number of rotatable bonds is 12. The molecule has 3 aromatic rings. The van der Waals surface area contributed by atoms with Crippen molar-refractivity contribution in [1.29, 1.82) is 0 Å². The van der Waals surface area contributed by atoms with Crippen molar-refractivity contribution < 1.29 is 14.4 Å². The third kappa shape index (κ3) is 8.98. The van der Waals surface area contributed by atoms with Crippen LogP contribution < -0.4 is 10.6 Å². The van der Waals surface area contributed by atoms with Crippen molar-refractivity contribution in [2.45, 2.75) is 50.0 Å². The highest BCUT2D eigenvalue weighted by atomic mass is 32.2. The summed E-state index contributed by atoms with van der Waals surface area (Å²) in [4.78, 5) is 38.6. The Balaban J connectivity index is 1.14. The molecule has 0 bridgehead atoms. The minimum absolute atomic E-state index is 0.0808. The summed E-state index contributed by atoms with van der Waals surface area (Å²) in [7, 11) is 5.03. The van der Waals surface area contributed by atoms with Gasteiger partial charge in [-0.25, -0.2) is 0 Å². The van der Waals surface area contributed by atoms with E-state index in [4.69, 9.17) is 0 Å². The first-order valence-electron chi connectivity index (χ1n) is 12.4. The van der Waals surface area contributed by atoms with E-state index in [2.05, 4.69) is 49.5 Å². The molecule has 2 aromatic heterocycles. The average Bonchev–Trinajstić information content (AvgIpc) is 3.65. The minimum atomic E-state index is -0.687. The maximum Gasteiger partial charge on any atom is 0.249 e.